The smallest absolute Gasteiger partial charge is 0.154 e. The van der Waals surface area contributed by atoms with Crippen LogP contribution in [0.1, 0.15) is 30.3 Å². The maximum absolute atomic E-state index is 5.30. The zero-order valence-electron chi connectivity index (χ0n) is 8.69. The molecule has 1 aromatic heterocycles. The maximum Gasteiger partial charge on any atom is 0.154 e. The molecule has 1 aliphatic rings. The zero-order chi connectivity index (χ0) is 9.97. The minimum Gasteiger partial charge on any atom is -0.378 e. The quantitative estimate of drug-likeness (QED) is 0.735. The van der Waals surface area contributed by atoms with Gasteiger partial charge in [-0.15, -0.1) is 0 Å². The van der Waals surface area contributed by atoms with Crippen LogP contribution in [-0.4, -0.2) is 30.8 Å². The SMILES string of the molecule is COCc1cc([C@@H]2CCCN2C)on1. The van der Waals surface area contributed by atoms with Crippen molar-refractivity contribution in [2.75, 3.05) is 20.7 Å². The second-order valence-electron chi connectivity index (χ2n) is 3.79. The predicted molar refractivity (Wildman–Crippen MR) is 51.8 cm³/mol. The van der Waals surface area contributed by atoms with Gasteiger partial charge in [-0.25, -0.2) is 0 Å². The standard InChI is InChI=1S/C10H16N2O2/c1-12-5-3-4-9(12)10-6-8(7-13-2)11-14-10/h6,9H,3-5,7H2,1-2H3/t9-/m0/s1. The van der Waals surface area contributed by atoms with Crippen molar-refractivity contribution in [3.05, 3.63) is 17.5 Å². The van der Waals surface area contributed by atoms with Crippen molar-refractivity contribution < 1.29 is 9.26 Å². The third-order valence-electron chi connectivity index (χ3n) is 2.72. The zero-order valence-corrected chi connectivity index (χ0v) is 8.69. The normalized spacial score (nSPS) is 23.1. The van der Waals surface area contributed by atoms with Gasteiger partial charge in [-0.3, -0.25) is 4.90 Å². The topological polar surface area (TPSA) is 38.5 Å². The predicted octanol–water partition coefficient (Wildman–Crippen LogP) is 1.59. The molecule has 0 aliphatic carbocycles. The molecule has 1 atom stereocenters. The third kappa shape index (κ3) is 1.81. The van der Waals surface area contributed by atoms with Crippen LogP contribution in [0, 0.1) is 0 Å². The molecule has 1 saturated heterocycles. The van der Waals surface area contributed by atoms with E-state index in [0.29, 0.717) is 12.6 Å². The highest BCUT2D eigenvalue weighted by molar-refractivity contribution is 5.10. The molecule has 0 spiro atoms. The highest BCUT2D eigenvalue weighted by atomic mass is 16.5. The Balaban J connectivity index is 2.08. The molecule has 78 valence electrons. The average Bonchev–Trinajstić information content (AvgIpc) is 2.74. The summed E-state index contributed by atoms with van der Waals surface area (Å²) in [7, 11) is 3.78. The molecule has 0 bridgehead atoms. The van der Waals surface area contributed by atoms with Gasteiger partial charge in [-0.1, -0.05) is 5.16 Å². The fourth-order valence-electron chi connectivity index (χ4n) is 1.97. The molecule has 4 nitrogen and oxygen atoms in total. The highest BCUT2D eigenvalue weighted by Gasteiger charge is 2.26. The Hall–Kier alpha value is -0.870. The monoisotopic (exact) mass is 196 g/mol. The number of hydrogen-bond acceptors (Lipinski definition) is 4. The van der Waals surface area contributed by atoms with E-state index in [0.717, 1.165) is 24.4 Å². The van der Waals surface area contributed by atoms with Gasteiger partial charge in [0.15, 0.2) is 5.76 Å². The largest absolute Gasteiger partial charge is 0.378 e. The molecule has 0 amide bonds. The molecule has 0 saturated carbocycles. The molecule has 4 heteroatoms. The van der Waals surface area contributed by atoms with E-state index in [4.69, 9.17) is 9.26 Å². The molecule has 2 heterocycles. The van der Waals surface area contributed by atoms with Crippen molar-refractivity contribution in [1.82, 2.24) is 10.1 Å². The molecule has 0 unspecified atom stereocenters. The Morgan fingerprint density at radius 2 is 2.57 bits per heavy atom. The van der Waals surface area contributed by atoms with E-state index in [9.17, 15) is 0 Å². The Morgan fingerprint density at radius 3 is 3.21 bits per heavy atom. The van der Waals surface area contributed by atoms with Crippen molar-refractivity contribution in [2.24, 2.45) is 0 Å². The highest BCUT2D eigenvalue weighted by Crippen LogP contribution is 2.30. The summed E-state index contributed by atoms with van der Waals surface area (Å²) in [5.74, 6) is 0.969. The lowest BCUT2D eigenvalue weighted by Crippen LogP contribution is -2.16. The summed E-state index contributed by atoms with van der Waals surface area (Å²) in [6.45, 7) is 1.67. The number of methoxy groups -OCH3 is 1. The first-order valence-electron chi connectivity index (χ1n) is 4.96. The van der Waals surface area contributed by atoms with Crippen LogP contribution in [0.3, 0.4) is 0 Å². The van der Waals surface area contributed by atoms with E-state index in [1.807, 2.05) is 6.07 Å². The molecule has 1 aliphatic heterocycles. The van der Waals surface area contributed by atoms with Crippen molar-refractivity contribution >= 4 is 0 Å². The van der Waals surface area contributed by atoms with Crippen LogP contribution in [0.2, 0.25) is 0 Å². The number of ether oxygens (including phenoxy) is 1. The van der Waals surface area contributed by atoms with Gasteiger partial charge in [0.2, 0.25) is 0 Å². The third-order valence-corrected chi connectivity index (χ3v) is 2.72. The lowest BCUT2D eigenvalue weighted by molar-refractivity contribution is 0.176. The minimum atomic E-state index is 0.410. The Morgan fingerprint density at radius 1 is 1.71 bits per heavy atom. The van der Waals surface area contributed by atoms with Gasteiger partial charge in [0.25, 0.3) is 0 Å². The van der Waals surface area contributed by atoms with Crippen molar-refractivity contribution in [3.8, 4) is 0 Å². The van der Waals surface area contributed by atoms with Crippen LogP contribution in [0.4, 0.5) is 0 Å². The number of hydrogen-bond donors (Lipinski definition) is 0. The maximum atomic E-state index is 5.30. The molecule has 14 heavy (non-hydrogen) atoms. The average molecular weight is 196 g/mol. The second kappa shape index (κ2) is 4.11. The van der Waals surface area contributed by atoms with Gasteiger partial charge >= 0.3 is 0 Å². The molecular weight excluding hydrogens is 180 g/mol. The van der Waals surface area contributed by atoms with Crippen molar-refractivity contribution in [1.29, 1.82) is 0 Å². The van der Waals surface area contributed by atoms with Gasteiger partial charge in [0.05, 0.1) is 12.6 Å². The summed E-state index contributed by atoms with van der Waals surface area (Å²) >= 11 is 0. The summed E-state index contributed by atoms with van der Waals surface area (Å²) in [4.78, 5) is 2.30. The summed E-state index contributed by atoms with van der Waals surface area (Å²) in [5, 5.41) is 3.96. The van der Waals surface area contributed by atoms with Crippen LogP contribution in [-0.2, 0) is 11.3 Å². The van der Waals surface area contributed by atoms with Crippen LogP contribution >= 0.6 is 0 Å². The van der Waals surface area contributed by atoms with Crippen molar-refractivity contribution in [2.45, 2.75) is 25.5 Å². The van der Waals surface area contributed by atoms with E-state index in [2.05, 4.69) is 17.1 Å². The molecule has 2 rings (SSSR count). The summed E-state index contributed by atoms with van der Waals surface area (Å²) < 4.78 is 10.3. The lowest BCUT2D eigenvalue weighted by atomic mass is 10.1. The fourth-order valence-corrected chi connectivity index (χ4v) is 1.97. The first kappa shape index (κ1) is 9.68. The van der Waals surface area contributed by atoms with Crippen LogP contribution in [0.15, 0.2) is 10.6 Å². The Kier molecular flexibility index (Phi) is 2.84. The molecule has 0 radical (unpaired) electrons. The molecule has 0 aromatic carbocycles. The van der Waals surface area contributed by atoms with E-state index in [1.54, 1.807) is 7.11 Å². The van der Waals surface area contributed by atoms with Crippen molar-refractivity contribution in [3.63, 3.8) is 0 Å². The van der Waals surface area contributed by atoms with Gasteiger partial charge in [0, 0.05) is 13.2 Å². The Bertz CT molecular complexity index is 298. The second-order valence-corrected chi connectivity index (χ2v) is 3.79. The first-order chi connectivity index (χ1) is 6.81. The van der Waals surface area contributed by atoms with E-state index >= 15 is 0 Å². The molecular formula is C10H16N2O2. The summed E-state index contributed by atoms with van der Waals surface area (Å²) in [5.41, 5.74) is 0.878. The number of likely N-dealkylation sites (tertiary alicyclic amines) is 1. The van der Waals surface area contributed by atoms with Gasteiger partial charge in [-0.05, 0) is 26.4 Å². The minimum absolute atomic E-state index is 0.410. The lowest BCUT2D eigenvalue weighted by Gasteiger charge is -2.15. The number of rotatable bonds is 3. The van der Waals surface area contributed by atoms with Crippen LogP contribution in [0.5, 0.6) is 0 Å². The summed E-state index contributed by atoms with van der Waals surface area (Å²) in [6.07, 6.45) is 2.40. The van der Waals surface area contributed by atoms with E-state index in [1.165, 1.54) is 6.42 Å². The van der Waals surface area contributed by atoms with E-state index in [-0.39, 0.29) is 0 Å². The van der Waals surface area contributed by atoms with Gasteiger partial charge in [0.1, 0.15) is 5.69 Å². The van der Waals surface area contributed by atoms with Gasteiger partial charge < -0.3 is 9.26 Å². The Labute approximate surface area is 83.8 Å². The van der Waals surface area contributed by atoms with E-state index < -0.39 is 0 Å². The molecule has 1 fully saturated rings. The van der Waals surface area contributed by atoms with Crippen LogP contribution < -0.4 is 0 Å². The fraction of sp³-hybridized carbons (Fsp3) is 0.700. The molecule has 0 N–H and O–H groups in total. The summed E-state index contributed by atoms with van der Waals surface area (Å²) in [6, 6.07) is 2.41. The number of aromatic nitrogens is 1. The molecule has 1 aromatic rings. The van der Waals surface area contributed by atoms with Crippen LogP contribution in [0.25, 0.3) is 0 Å². The number of nitrogens with zero attached hydrogens (tertiary/aromatic N) is 2. The first-order valence-corrected chi connectivity index (χ1v) is 4.96. The van der Waals surface area contributed by atoms with Gasteiger partial charge in [-0.2, -0.15) is 0 Å².